The molecule has 0 unspecified atom stereocenters. The van der Waals surface area contributed by atoms with Gasteiger partial charge in [0.25, 0.3) is 0 Å². The fourth-order valence-electron chi connectivity index (χ4n) is 2.30. The van der Waals surface area contributed by atoms with Gasteiger partial charge in [0.05, 0.1) is 5.56 Å². The molecule has 0 N–H and O–H groups in total. The molecule has 0 saturated carbocycles. The average molecular weight is 259 g/mol. The van der Waals surface area contributed by atoms with Crippen LogP contribution in [-0.2, 0) is 0 Å². The zero-order valence-electron chi connectivity index (χ0n) is 12.8. The summed E-state index contributed by atoms with van der Waals surface area (Å²) < 4.78 is 0. The third-order valence-electron chi connectivity index (χ3n) is 3.34. The Kier molecular flexibility index (Phi) is 5.82. The Hall–Kier alpha value is -1.56. The largest absolute Gasteiger partial charge is 0.353 e. The topological polar surface area (TPSA) is 39.9 Å². The van der Waals surface area contributed by atoms with Crippen LogP contribution in [0.25, 0.3) is 0 Å². The van der Waals surface area contributed by atoms with Crippen molar-refractivity contribution in [2.45, 2.75) is 59.9 Å². The molecule has 104 valence electrons. The lowest BCUT2D eigenvalue weighted by atomic mass is 10.1. The number of unbranched alkanes of at least 4 members (excludes halogenated alkanes) is 2. The minimum Gasteiger partial charge on any atom is -0.353 e. The first kappa shape index (κ1) is 15.5. The summed E-state index contributed by atoms with van der Waals surface area (Å²) in [7, 11) is 0. The van der Waals surface area contributed by atoms with Crippen molar-refractivity contribution >= 4 is 5.82 Å². The Morgan fingerprint density at radius 1 is 1.32 bits per heavy atom. The lowest BCUT2D eigenvalue weighted by molar-refractivity contribution is 0.618. The zero-order chi connectivity index (χ0) is 14.4. The monoisotopic (exact) mass is 259 g/mol. The van der Waals surface area contributed by atoms with Gasteiger partial charge in [-0.1, -0.05) is 19.8 Å². The second-order valence-electron chi connectivity index (χ2n) is 5.39. The van der Waals surface area contributed by atoms with E-state index in [4.69, 9.17) is 0 Å². The van der Waals surface area contributed by atoms with Crippen LogP contribution in [-0.4, -0.2) is 17.6 Å². The van der Waals surface area contributed by atoms with Crippen LogP contribution in [0, 0.1) is 25.2 Å². The minimum atomic E-state index is 0.359. The third kappa shape index (κ3) is 3.96. The Morgan fingerprint density at radius 2 is 2.00 bits per heavy atom. The maximum atomic E-state index is 9.38. The fraction of sp³-hybridized carbons (Fsp3) is 0.625. The van der Waals surface area contributed by atoms with Crippen molar-refractivity contribution in [1.82, 2.24) is 4.98 Å². The van der Waals surface area contributed by atoms with Crippen LogP contribution in [0.15, 0.2) is 6.07 Å². The SMILES string of the molecule is CCCCCN(c1nc(C)cc(C)c1C#N)C(C)C. The van der Waals surface area contributed by atoms with Gasteiger partial charge in [-0.3, -0.25) is 0 Å². The van der Waals surface area contributed by atoms with Crippen LogP contribution >= 0.6 is 0 Å². The molecular weight excluding hydrogens is 234 g/mol. The number of anilines is 1. The number of hydrogen-bond acceptors (Lipinski definition) is 3. The molecule has 0 aliphatic rings. The normalized spacial score (nSPS) is 10.6. The van der Waals surface area contributed by atoms with Crippen molar-refractivity contribution in [2.24, 2.45) is 0 Å². The first-order valence-corrected chi connectivity index (χ1v) is 7.16. The van der Waals surface area contributed by atoms with Crippen molar-refractivity contribution < 1.29 is 0 Å². The van der Waals surface area contributed by atoms with Gasteiger partial charge in [-0.15, -0.1) is 0 Å². The van der Waals surface area contributed by atoms with E-state index in [1.54, 1.807) is 0 Å². The summed E-state index contributed by atoms with van der Waals surface area (Å²) in [5.41, 5.74) is 2.72. The summed E-state index contributed by atoms with van der Waals surface area (Å²) in [6.07, 6.45) is 3.57. The summed E-state index contributed by atoms with van der Waals surface area (Å²) in [6, 6.07) is 4.65. The van der Waals surface area contributed by atoms with Gasteiger partial charge in [-0.05, 0) is 45.7 Å². The third-order valence-corrected chi connectivity index (χ3v) is 3.34. The molecule has 1 aromatic heterocycles. The van der Waals surface area contributed by atoms with E-state index in [1.807, 2.05) is 19.9 Å². The molecule has 1 aromatic rings. The average Bonchev–Trinajstić information content (AvgIpc) is 2.33. The highest BCUT2D eigenvalue weighted by molar-refractivity contribution is 5.58. The van der Waals surface area contributed by atoms with E-state index >= 15 is 0 Å². The van der Waals surface area contributed by atoms with Crippen LogP contribution in [0.1, 0.15) is 56.9 Å². The van der Waals surface area contributed by atoms with Gasteiger partial charge in [-0.25, -0.2) is 4.98 Å². The van der Waals surface area contributed by atoms with E-state index < -0.39 is 0 Å². The summed E-state index contributed by atoms with van der Waals surface area (Å²) in [6.45, 7) is 11.5. The van der Waals surface area contributed by atoms with Gasteiger partial charge in [0.2, 0.25) is 0 Å². The second kappa shape index (κ2) is 7.13. The molecule has 0 bridgehead atoms. The number of hydrogen-bond donors (Lipinski definition) is 0. The van der Waals surface area contributed by atoms with Crippen molar-refractivity contribution in [3.8, 4) is 6.07 Å². The van der Waals surface area contributed by atoms with Gasteiger partial charge < -0.3 is 4.90 Å². The highest BCUT2D eigenvalue weighted by Gasteiger charge is 2.17. The molecule has 0 aliphatic heterocycles. The molecule has 19 heavy (non-hydrogen) atoms. The van der Waals surface area contributed by atoms with Crippen LogP contribution in [0.3, 0.4) is 0 Å². The molecule has 0 radical (unpaired) electrons. The number of aromatic nitrogens is 1. The predicted molar refractivity (Wildman–Crippen MR) is 80.4 cm³/mol. The lowest BCUT2D eigenvalue weighted by Crippen LogP contribution is -2.33. The number of nitrogens with zero attached hydrogens (tertiary/aromatic N) is 3. The maximum absolute atomic E-state index is 9.38. The molecule has 0 spiro atoms. The van der Waals surface area contributed by atoms with Gasteiger partial charge >= 0.3 is 0 Å². The highest BCUT2D eigenvalue weighted by Crippen LogP contribution is 2.24. The minimum absolute atomic E-state index is 0.359. The number of pyridine rings is 1. The lowest BCUT2D eigenvalue weighted by Gasteiger charge is -2.29. The summed E-state index contributed by atoms with van der Waals surface area (Å²) >= 11 is 0. The highest BCUT2D eigenvalue weighted by atomic mass is 15.2. The Labute approximate surface area is 117 Å². The van der Waals surface area contributed by atoms with Crippen molar-refractivity contribution in [3.05, 3.63) is 22.9 Å². The molecule has 0 aliphatic carbocycles. The quantitative estimate of drug-likeness (QED) is 0.726. The second-order valence-corrected chi connectivity index (χ2v) is 5.39. The van der Waals surface area contributed by atoms with E-state index in [0.717, 1.165) is 35.6 Å². The molecule has 0 atom stereocenters. The van der Waals surface area contributed by atoms with Crippen molar-refractivity contribution in [2.75, 3.05) is 11.4 Å². The van der Waals surface area contributed by atoms with Crippen molar-refractivity contribution in [3.63, 3.8) is 0 Å². The number of aryl methyl sites for hydroxylation is 2. The van der Waals surface area contributed by atoms with Gasteiger partial charge in [0, 0.05) is 18.3 Å². The molecule has 3 heteroatoms. The summed E-state index contributed by atoms with van der Waals surface area (Å²) in [4.78, 5) is 6.87. The predicted octanol–water partition coefficient (Wildman–Crippen LogP) is 3.98. The molecule has 1 rings (SSSR count). The maximum Gasteiger partial charge on any atom is 0.147 e. The van der Waals surface area contributed by atoms with E-state index in [9.17, 15) is 5.26 Å². The van der Waals surface area contributed by atoms with E-state index in [-0.39, 0.29) is 0 Å². The fourth-order valence-corrected chi connectivity index (χ4v) is 2.30. The van der Waals surface area contributed by atoms with Gasteiger partial charge in [-0.2, -0.15) is 5.26 Å². The molecule has 1 heterocycles. The number of rotatable bonds is 6. The molecule has 0 saturated heterocycles. The van der Waals surface area contributed by atoms with E-state index in [2.05, 4.69) is 36.7 Å². The Morgan fingerprint density at radius 3 is 2.53 bits per heavy atom. The summed E-state index contributed by atoms with van der Waals surface area (Å²) in [5.74, 6) is 0.853. The van der Waals surface area contributed by atoms with Crippen LogP contribution < -0.4 is 4.90 Å². The molecule has 0 fully saturated rings. The van der Waals surface area contributed by atoms with Crippen LogP contribution in [0.2, 0.25) is 0 Å². The molecular formula is C16H25N3. The van der Waals surface area contributed by atoms with Gasteiger partial charge in [0.1, 0.15) is 11.9 Å². The molecule has 0 aromatic carbocycles. The first-order chi connectivity index (χ1) is 9.01. The zero-order valence-corrected chi connectivity index (χ0v) is 12.8. The van der Waals surface area contributed by atoms with Crippen LogP contribution in [0.5, 0.6) is 0 Å². The molecule has 3 nitrogen and oxygen atoms in total. The van der Waals surface area contributed by atoms with E-state index in [1.165, 1.54) is 12.8 Å². The summed E-state index contributed by atoms with van der Waals surface area (Å²) in [5, 5.41) is 9.38. The first-order valence-electron chi connectivity index (χ1n) is 7.16. The van der Waals surface area contributed by atoms with Gasteiger partial charge in [0.15, 0.2) is 0 Å². The smallest absolute Gasteiger partial charge is 0.147 e. The van der Waals surface area contributed by atoms with Crippen LogP contribution in [0.4, 0.5) is 5.82 Å². The standard InChI is InChI=1S/C16H25N3/c1-6-7-8-9-19(12(2)3)16-15(11-17)13(4)10-14(5)18-16/h10,12H,6-9H2,1-5H3. The Bertz CT molecular complexity index is 458. The Balaban J connectivity index is 3.11. The molecule has 0 amide bonds. The van der Waals surface area contributed by atoms with Crippen molar-refractivity contribution in [1.29, 1.82) is 5.26 Å². The van der Waals surface area contributed by atoms with E-state index in [0.29, 0.717) is 6.04 Å². The number of nitriles is 1.